The van der Waals surface area contributed by atoms with Crippen molar-refractivity contribution in [2.45, 2.75) is 43.9 Å². The van der Waals surface area contributed by atoms with Gasteiger partial charge in [-0.3, -0.25) is 4.18 Å². The predicted octanol–water partition coefficient (Wildman–Crippen LogP) is 2.72. The summed E-state index contributed by atoms with van der Waals surface area (Å²) in [4.78, 5) is 8.95. The smallest absolute Gasteiger partial charge is 0.333 e. The quantitative estimate of drug-likeness (QED) is 0.497. The lowest BCUT2D eigenvalue weighted by Crippen LogP contribution is -2.24. The van der Waals surface area contributed by atoms with Crippen molar-refractivity contribution in [2.75, 3.05) is 11.9 Å². The number of benzene rings is 1. The molecule has 2 heterocycles. The van der Waals surface area contributed by atoms with Gasteiger partial charge in [0.25, 0.3) is 0 Å². The van der Waals surface area contributed by atoms with Crippen LogP contribution in [-0.4, -0.2) is 40.8 Å². The topological polar surface area (TPSA) is 132 Å². The Balaban J connectivity index is 1.37. The molecule has 32 heavy (non-hydrogen) atoms. The highest BCUT2D eigenvalue weighted by Crippen LogP contribution is 2.40. The molecule has 0 spiro atoms. The fourth-order valence-electron chi connectivity index (χ4n) is 4.97. The molecular formula is C21H24ClN5O4S. The minimum atomic E-state index is -4.04. The van der Waals surface area contributed by atoms with Crippen molar-refractivity contribution in [3.8, 4) is 0 Å². The second-order valence-corrected chi connectivity index (χ2v) is 10.1. The number of aromatic nitrogens is 3. The van der Waals surface area contributed by atoms with Gasteiger partial charge in [-0.1, -0.05) is 23.7 Å². The molecule has 3 aromatic rings. The molecule has 5 rings (SSSR count). The standard InChI is InChI=1S/C21H24ClN5O4S/c22-17-3-1-2-15-14(17)4-5-18(15)26-20-16-6-7-27(21(16)25-11-24-20)13-8-12(19(28)9-13)10-31-32(23,29)30/h1-3,6-7,11-13,18-19,28H,4-5,8-10H2,(H2,23,29,30)(H,24,25,26)/t12-,13+,18+,19-/m0/s1. The third kappa shape index (κ3) is 4.08. The highest BCUT2D eigenvalue weighted by molar-refractivity contribution is 7.84. The number of halogens is 1. The SMILES string of the molecule is NS(=O)(=O)OC[C@@H]1C[C@@H](n2ccc3c(N[C@@H]4CCc5c(Cl)cccc54)ncnc32)C[C@@H]1O. The lowest BCUT2D eigenvalue weighted by atomic mass is 10.1. The van der Waals surface area contributed by atoms with Crippen molar-refractivity contribution >= 4 is 38.8 Å². The zero-order valence-electron chi connectivity index (χ0n) is 17.2. The second kappa shape index (κ2) is 8.27. The van der Waals surface area contributed by atoms with Crippen molar-refractivity contribution in [3.63, 3.8) is 0 Å². The van der Waals surface area contributed by atoms with E-state index in [1.807, 2.05) is 29.0 Å². The fourth-order valence-corrected chi connectivity index (χ4v) is 5.61. The van der Waals surface area contributed by atoms with Crippen LogP contribution in [0.25, 0.3) is 11.0 Å². The Bertz CT molecular complexity index is 1260. The highest BCUT2D eigenvalue weighted by Gasteiger charge is 2.35. The van der Waals surface area contributed by atoms with Crippen LogP contribution < -0.4 is 10.5 Å². The average Bonchev–Trinajstić information content (AvgIpc) is 3.44. The Morgan fingerprint density at radius 1 is 1.28 bits per heavy atom. The largest absolute Gasteiger partial charge is 0.393 e. The fraction of sp³-hybridized carbons (Fsp3) is 0.429. The minimum absolute atomic E-state index is 0.0367. The summed E-state index contributed by atoms with van der Waals surface area (Å²) in [6.07, 6.45) is 5.67. The number of rotatable bonds is 6. The molecule has 4 N–H and O–H groups in total. The summed E-state index contributed by atoms with van der Waals surface area (Å²) < 4.78 is 28.9. The first kappa shape index (κ1) is 21.6. The van der Waals surface area contributed by atoms with Gasteiger partial charge in [0.1, 0.15) is 17.8 Å². The Morgan fingerprint density at radius 3 is 2.94 bits per heavy atom. The lowest BCUT2D eigenvalue weighted by Gasteiger charge is -2.17. The molecule has 9 nitrogen and oxygen atoms in total. The Morgan fingerprint density at radius 2 is 2.12 bits per heavy atom. The van der Waals surface area contributed by atoms with Crippen LogP contribution in [0.1, 0.15) is 42.5 Å². The van der Waals surface area contributed by atoms with E-state index in [9.17, 15) is 13.5 Å². The van der Waals surface area contributed by atoms with E-state index in [4.69, 9.17) is 20.9 Å². The third-order valence-electron chi connectivity index (χ3n) is 6.51. The van der Waals surface area contributed by atoms with Crippen LogP contribution in [0.5, 0.6) is 0 Å². The van der Waals surface area contributed by atoms with E-state index >= 15 is 0 Å². The Hall–Kier alpha value is -2.24. The van der Waals surface area contributed by atoms with Crippen LogP contribution in [0, 0.1) is 5.92 Å². The molecule has 170 valence electrons. The lowest BCUT2D eigenvalue weighted by molar-refractivity contribution is 0.100. The monoisotopic (exact) mass is 477 g/mol. The molecule has 2 aliphatic rings. The van der Waals surface area contributed by atoms with Crippen molar-refractivity contribution < 1.29 is 17.7 Å². The molecule has 0 unspecified atom stereocenters. The van der Waals surface area contributed by atoms with Crippen molar-refractivity contribution in [1.82, 2.24) is 14.5 Å². The maximum atomic E-state index is 11.1. The summed E-state index contributed by atoms with van der Waals surface area (Å²) >= 11 is 6.35. The first-order valence-corrected chi connectivity index (χ1v) is 12.4. The van der Waals surface area contributed by atoms with Crippen LogP contribution in [0.4, 0.5) is 5.82 Å². The minimum Gasteiger partial charge on any atom is -0.393 e. The zero-order valence-corrected chi connectivity index (χ0v) is 18.8. The van der Waals surface area contributed by atoms with E-state index in [0.717, 1.165) is 34.7 Å². The number of aliphatic hydroxyl groups is 1. The molecule has 0 radical (unpaired) electrons. The molecule has 0 amide bonds. The summed E-state index contributed by atoms with van der Waals surface area (Å²) in [7, 11) is -4.04. The van der Waals surface area contributed by atoms with Crippen LogP contribution in [-0.2, 0) is 20.9 Å². The number of nitrogens with two attached hydrogens (primary N) is 1. The number of hydrogen-bond acceptors (Lipinski definition) is 7. The van der Waals surface area contributed by atoms with Crippen molar-refractivity contribution in [2.24, 2.45) is 11.1 Å². The zero-order chi connectivity index (χ0) is 22.5. The van der Waals surface area contributed by atoms with E-state index in [0.29, 0.717) is 12.8 Å². The number of aliphatic hydroxyl groups excluding tert-OH is 1. The van der Waals surface area contributed by atoms with Gasteiger partial charge in [0.2, 0.25) is 0 Å². The van der Waals surface area contributed by atoms with Gasteiger partial charge in [0, 0.05) is 23.2 Å². The molecule has 11 heteroatoms. The van der Waals surface area contributed by atoms with Gasteiger partial charge in [0.05, 0.1) is 24.1 Å². The van der Waals surface area contributed by atoms with Crippen LogP contribution >= 0.6 is 11.6 Å². The number of anilines is 1. The van der Waals surface area contributed by atoms with Gasteiger partial charge in [-0.05, 0) is 48.9 Å². The summed E-state index contributed by atoms with van der Waals surface area (Å²) in [6.45, 7) is -0.138. The molecule has 2 aliphatic carbocycles. The van der Waals surface area contributed by atoms with Gasteiger partial charge in [-0.15, -0.1) is 0 Å². The number of fused-ring (bicyclic) bond motifs is 2. The molecule has 4 atom stereocenters. The van der Waals surface area contributed by atoms with Crippen molar-refractivity contribution in [1.29, 1.82) is 0 Å². The van der Waals surface area contributed by atoms with E-state index in [1.165, 1.54) is 17.5 Å². The van der Waals surface area contributed by atoms with E-state index in [1.54, 1.807) is 0 Å². The number of nitrogens with zero attached hydrogens (tertiary/aromatic N) is 3. The van der Waals surface area contributed by atoms with E-state index in [-0.39, 0.29) is 24.6 Å². The first-order chi connectivity index (χ1) is 15.3. The maximum absolute atomic E-state index is 11.1. The van der Waals surface area contributed by atoms with Crippen molar-refractivity contribution in [3.05, 3.63) is 52.9 Å². The average molecular weight is 478 g/mol. The summed E-state index contributed by atoms with van der Waals surface area (Å²) in [5.41, 5.74) is 3.14. The van der Waals surface area contributed by atoms with E-state index < -0.39 is 16.4 Å². The summed E-state index contributed by atoms with van der Waals surface area (Å²) in [6, 6.07) is 8.03. The predicted molar refractivity (Wildman–Crippen MR) is 120 cm³/mol. The van der Waals surface area contributed by atoms with Gasteiger partial charge < -0.3 is 15.0 Å². The Kier molecular flexibility index (Phi) is 5.58. The van der Waals surface area contributed by atoms with Gasteiger partial charge in [-0.2, -0.15) is 8.42 Å². The summed E-state index contributed by atoms with van der Waals surface area (Å²) in [5, 5.41) is 20.6. The number of nitrogens with one attached hydrogen (secondary N) is 1. The molecule has 1 saturated carbocycles. The van der Waals surface area contributed by atoms with Crippen LogP contribution in [0.15, 0.2) is 36.8 Å². The molecule has 0 bridgehead atoms. The molecule has 1 fully saturated rings. The van der Waals surface area contributed by atoms with Crippen LogP contribution in [0.2, 0.25) is 5.02 Å². The molecule has 1 aromatic carbocycles. The van der Waals surface area contributed by atoms with Gasteiger partial charge in [-0.25, -0.2) is 15.1 Å². The molecule has 2 aromatic heterocycles. The summed E-state index contributed by atoms with van der Waals surface area (Å²) in [5.74, 6) is 0.425. The molecule has 0 aliphatic heterocycles. The Labute approximate surface area is 190 Å². The van der Waals surface area contributed by atoms with E-state index in [2.05, 4.69) is 21.4 Å². The third-order valence-corrected chi connectivity index (χ3v) is 7.32. The normalized spacial score (nSPS) is 25.3. The molecular weight excluding hydrogens is 454 g/mol. The van der Waals surface area contributed by atoms with Gasteiger partial charge >= 0.3 is 10.3 Å². The second-order valence-electron chi connectivity index (χ2n) is 8.46. The maximum Gasteiger partial charge on any atom is 0.333 e. The number of hydrogen-bond donors (Lipinski definition) is 3. The van der Waals surface area contributed by atoms with Gasteiger partial charge in [0.15, 0.2) is 0 Å². The van der Waals surface area contributed by atoms with Crippen LogP contribution in [0.3, 0.4) is 0 Å². The first-order valence-electron chi connectivity index (χ1n) is 10.5. The highest BCUT2D eigenvalue weighted by atomic mass is 35.5. The molecule has 0 saturated heterocycles.